The molecule has 2 heteroatoms. The number of para-hydroxylation sites is 2. The number of fused-ring (bicyclic) bond motifs is 13. The molecule has 0 N–H and O–H groups in total. The third-order valence-corrected chi connectivity index (χ3v) is 18.8. The van der Waals surface area contributed by atoms with Crippen LogP contribution in [0, 0.1) is 0 Å². The molecule has 2 aliphatic carbocycles. The second-order valence-corrected chi connectivity index (χ2v) is 24.4. The van der Waals surface area contributed by atoms with Crippen LogP contribution in [-0.2, 0) is 10.8 Å². The first-order valence-electron chi connectivity index (χ1n) is 30.1. The van der Waals surface area contributed by atoms with Gasteiger partial charge >= 0.3 is 0 Å². The van der Waals surface area contributed by atoms with Crippen LogP contribution < -0.4 is 9.80 Å². The molecule has 0 bridgehead atoms. The minimum atomic E-state index is -0.222. The molecule has 0 atom stereocenters. The van der Waals surface area contributed by atoms with Crippen LogP contribution in [0.25, 0.3) is 100 Å². The van der Waals surface area contributed by atoms with E-state index in [0.29, 0.717) is 0 Å². The number of benzene rings is 14. The smallest absolute Gasteiger partial charge is 0.0546 e. The predicted molar refractivity (Wildman–Crippen MR) is 369 cm³/mol. The average molecular weight is 1100 g/mol. The van der Waals surface area contributed by atoms with Gasteiger partial charge in [0.2, 0.25) is 0 Å². The summed E-state index contributed by atoms with van der Waals surface area (Å²) in [5, 5.41) is 12.4. The van der Waals surface area contributed by atoms with Gasteiger partial charge in [0.25, 0.3) is 0 Å². The highest BCUT2D eigenvalue weighted by molar-refractivity contribution is 6.16. The molecule has 0 amide bonds. The Morgan fingerprint density at radius 2 is 0.570 bits per heavy atom. The third-order valence-electron chi connectivity index (χ3n) is 18.8. The number of nitrogens with zero attached hydrogens (tertiary/aromatic N) is 2. The van der Waals surface area contributed by atoms with Crippen molar-refractivity contribution in [2.24, 2.45) is 0 Å². The Balaban J connectivity index is 0.682. The van der Waals surface area contributed by atoms with Crippen molar-refractivity contribution in [2.75, 3.05) is 9.80 Å². The number of hydrogen-bond donors (Lipinski definition) is 0. The Bertz CT molecular complexity index is 4800. The van der Waals surface area contributed by atoms with E-state index < -0.39 is 0 Å². The van der Waals surface area contributed by atoms with Gasteiger partial charge in [-0.05, 0) is 171 Å². The van der Waals surface area contributed by atoms with Crippen LogP contribution >= 0.6 is 0 Å². The highest BCUT2D eigenvalue weighted by Crippen LogP contribution is 2.54. The molecule has 16 rings (SSSR count). The average Bonchev–Trinajstić information content (AvgIpc) is 3.93. The molecule has 0 fully saturated rings. The number of rotatable bonds is 10. The summed E-state index contributed by atoms with van der Waals surface area (Å²) in [6.07, 6.45) is 9.18. The van der Waals surface area contributed by atoms with E-state index >= 15 is 0 Å². The number of anilines is 6. The molecule has 0 heterocycles. The first-order chi connectivity index (χ1) is 42.2. The van der Waals surface area contributed by atoms with E-state index in [1.54, 1.807) is 0 Å². The van der Waals surface area contributed by atoms with E-state index in [0.717, 1.165) is 22.7 Å². The van der Waals surface area contributed by atoms with E-state index in [-0.39, 0.29) is 10.8 Å². The lowest BCUT2D eigenvalue weighted by Gasteiger charge is -2.29. The summed E-state index contributed by atoms with van der Waals surface area (Å²) in [7, 11) is 0. The fourth-order valence-corrected chi connectivity index (χ4v) is 14.4. The van der Waals surface area contributed by atoms with E-state index in [9.17, 15) is 0 Å². The van der Waals surface area contributed by atoms with Crippen molar-refractivity contribution in [1.82, 2.24) is 0 Å². The monoisotopic (exact) mass is 1100 g/mol. The van der Waals surface area contributed by atoms with Crippen LogP contribution in [0.15, 0.2) is 279 Å². The molecule has 0 aliphatic heterocycles. The Labute approximate surface area is 503 Å². The lowest BCUT2D eigenvalue weighted by atomic mass is 9.81. The fraction of sp³-hybridized carbons (Fsp3) is 0.0714. The van der Waals surface area contributed by atoms with Gasteiger partial charge in [0.1, 0.15) is 0 Å². The fourth-order valence-electron chi connectivity index (χ4n) is 14.4. The zero-order valence-corrected chi connectivity index (χ0v) is 48.8. The molecule has 0 saturated carbocycles. The molecular formula is C84H62N2. The SMILES string of the molecule is CC1(C)c2cc(C=Cc3ccc(C=Cc4ccc5c(c4)C(C)(C)c4cc(N(c6ccccc6)c6cc7ccccc7c7ccccc67)ccc4-5)c4ccccc34)ccc2-c2ccc(N(c3ccccc3)c3cc4ccccc4c4ccccc34)cc21. The topological polar surface area (TPSA) is 6.48 Å². The van der Waals surface area contributed by atoms with Gasteiger partial charge in [0, 0.05) is 44.4 Å². The van der Waals surface area contributed by atoms with Crippen LogP contribution in [-0.4, -0.2) is 0 Å². The summed E-state index contributed by atoms with van der Waals surface area (Å²) < 4.78 is 0. The second-order valence-electron chi connectivity index (χ2n) is 24.4. The first-order valence-corrected chi connectivity index (χ1v) is 30.1. The molecule has 0 saturated heterocycles. The molecule has 0 spiro atoms. The van der Waals surface area contributed by atoms with Crippen LogP contribution in [0.3, 0.4) is 0 Å². The maximum atomic E-state index is 2.45. The molecule has 0 aromatic heterocycles. The van der Waals surface area contributed by atoms with E-state index in [1.165, 1.54) is 132 Å². The van der Waals surface area contributed by atoms with Crippen molar-refractivity contribution in [3.63, 3.8) is 0 Å². The Morgan fingerprint density at radius 3 is 0.977 bits per heavy atom. The van der Waals surface area contributed by atoms with Crippen molar-refractivity contribution in [3.05, 3.63) is 324 Å². The Kier molecular flexibility index (Phi) is 11.9. The van der Waals surface area contributed by atoms with Gasteiger partial charge in [-0.15, -0.1) is 0 Å². The van der Waals surface area contributed by atoms with Gasteiger partial charge in [0.15, 0.2) is 0 Å². The number of hydrogen-bond acceptors (Lipinski definition) is 2. The van der Waals surface area contributed by atoms with Gasteiger partial charge in [-0.25, -0.2) is 0 Å². The van der Waals surface area contributed by atoms with Crippen LogP contribution in [0.5, 0.6) is 0 Å². The van der Waals surface area contributed by atoms with Crippen LogP contribution in [0.4, 0.5) is 34.1 Å². The maximum Gasteiger partial charge on any atom is 0.0546 e. The maximum absolute atomic E-state index is 2.45. The van der Waals surface area contributed by atoms with Gasteiger partial charge < -0.3 is 9.80 Å². The summed E-state index contributed by atoms with van der Waals surface area (Å²) in [5.41, 5.74) is 21.8. The van der Waals surface area contributed by atoms with Crippen molar-refractivity contribution in [3.8, 4) is 22.3 Å². The van der Waals surface area contributed by atoms with Gasteiger partial charge in [-0.3, -0.25) is 0 Å². The van der Waals surface area contributed by atoms with Crippen molar-refractivity contribution < 1.29 is 0 Å². The summed E-state index contributed by atoms with van der Waals surface area (Å²) in [5.74, 6) is 0. The van der Waals surface area contributed by atoms with Crippen molar-refractivity contribution in [1.29, 1.82) is 0 Å². The molecule has 0 radical (unpaired) electrons. The Morgan fingerprint density at radius 1 is 0.244 bits per heavy atom. The molecular weight excluding hydrogens is 1040 g/mol. The van der Waals surface area contributed by atoms with Gasteiger partial charge in [0.05, 0.1) is 11.4 Å². The summed E-state index contributed by atoms with van der Waals surface area (Å²) in [6.45, 7) is 9.56. The molecule has 2 aliphatic rings. The van der Waals surface area contributed by atoms with Crippen molar-refractivity contribution in [2.45, 2.75) is 38.5 Å². The highest BCUT2D eigenvalue weighted by atomic mass is 15.1. The molecule has 0 unspecified atom stereocenters. The largest absolute Gasteiger partial charge is 0.310 e. The normalized spacial score (nSPS) is 13.7. The molecule has 2 nitrogen and oxygen atoms in total. The van der Waals surface area contributed by atoms with Gasteiger partial charge in [-0.1, -0.05) is 270 Å². The van der Waals surface area contributed by atoms with E-state index in [2.05, 4.69) is 341 Å². The van der Waals surface area contributed by atoms with E-state index in [1.807, 2.05) is 0 Å². The minimum absolute atomic E-state index is 0.222. The summed E-state index contributed by atoms with van der Waals surface area (Å²) in [6, 6.07) is 103. The quantitative estimate of drug-likeness (QED) is 0.0995. The highest BCUT2D eigenvalue weighted by Gasteiger charge is 2.38. The standard InChI is InChI=1S/C84H62N2/c1-83(2)77-49-55(37-45-71(77)73-47-43-63(53-79(73)83)85(61-23-7-5-8-24-61)81-51-59-21-11-13-29-67(59)69-31-17-19-33-75(69)81)35-39-57-41-42-58(66-28-16-15-27-65(57)66)40-36-56-38-46-72-74-48-44-64(54-80(74)84(3,4)78(72)50-56)86(62-25-9-6-10-26-62)82-52-60-22-12-14-30-68(60)70-32-18-20-34-76(70)82/h5-54H,1-4H3. The predicted octanol–water partition coefficient (Wildman–Crippen LogP) is 23.3. The van der Waals surface area contributed by atoms with Gasteiger partial charge in [-0.2, -0.15) is 0 Å². The molecule has 86 heavy (non-hydrogen) atoms. The minimum Gasteiger partial charge on any atom is -0.310 e. The zero-order valence-electron chi connectivity index (χ0n) is 48.8. The molecule has 14 aromatic carbocycles. The first kappa shape index (κ1) is 51.1. The lowest BCUT2D eigenvalue weighted by Crippen LogP contribution is -2.17. The molecule has 14 aromatic rings. The zero-order chi connectivity index (χ0) is 57.7. The third kappa shape index (κ3) is 8.31. The molecule has 408 valence electrons. The summed E-state index contributed by atoms with van der Waals surface area (Å²) >= 11 is 0. The Hall–Kier alpha value is -10.5. The summed E-state index contributed by atoms with van der Waals surface area (Å²) in [4.78, 5) is 4.90. The van der Waals surface area contributed by atoms with Crippen LogP contribution in [0.1, 0.15) is 72.2 Å². The van der Waals surface area contributed by atoms with Crippen LogP contribution in [0.2, 0.25) is 0 Å². The lowest BCUT2D eigenvalue weighted by molar-refractivity contribution is 0.660. The van der Waals surface area contributed by atoms with E-state index in [4.69, 9.17) is 0 Å². The van der Waals surface area contributed by atoms with Crippen molar-refractivity contribution >= 4 is 112 Å². The second kappa shape index (κ2) is 20.1.